The molecule has 1 aromatic rings. The second-order valence-electron chi connectivity index (χ2n) is 4.64. The summed E-state index contributed by atoms with van der Waals surface area (Å²) in [5.41, 5.74) is 2.10. The average Bonchev–Trinajstić information content (AvgIpc) is 2.74. The number of nitrogens with one attached hydrogen (secondary N) is 1. The molecule has 0 aliphatic rings. The molecule has 0 spiro atoms. The SMILES string of the molecule is CCCOCC(Cc1c(Cl)c(CC)nn1CC)NC. The lowest BCUT2D eigenvalue weighted by atomic mass is 10.1. The number of nitrogens with zero attached hydrogens (tertiary/aromatic N) is 2. The van der Waals surface area contributed by atoms with Crippen molar-refractivity contribution in [3.05, 3.63) is 16.4 Å². The Labute approximate surface area is 121 Å². The van der Waals surface area contributed by atoms with E-state index >= 15 is 0 Å². The maximum atomic E-state index is 6.42. The van der Waals surface area contributed by atoms with Crippen LogP contribution in [0, 0.1) is 0 Å². The maximum absolute atomic E-state index is 6.42. The Morgan fingerprint density at radius 2 is 2.11 bits per heavy atom. The number of aryl methyl sites for hydroxylation is 2. The molecule has 4 nitrogen and oxygen atoms in total. The summed E-state index contributed by atoms with van der Waals surface area (Å²) in [7, 11) is 1.96. The number of likely N-dealkylation sites (N-methyl/N-ethyl adjacent to an activating group) is 1. The molecule has 1 atom stereocenters. The van der Waals surface area contributed by atoms with Crippen molar-refractivity contribution >= 4 is 11.6 Å². The van der Waals surface area contributed by atoms with Crippen molar-refractivity contribution in [1.82, 2.24) is 15.1 Å². The third-order valence-electron chi connectivity index (χ3n) is 3.21. The second-order valence-corrected chi connectivity index (χ2v) is 5.02. The van der Waals surface area contributed by atoms with Gasteiger partial charge in [-0.05, 0) is 26.8 Å². The van der Waals surface area contributed by atoms with Crippen molar-refractivity contribution in [1.29, 1.82) is 0 Å². The van der Waals surface area contributed by atoms with E-state index < -0.39 is 0 Å². The fraction of sp³-hybridized carbons (Fsp3) is 0.786. The Hall–Kier alpha value is -0.580. The Morgan fingerprint density at radius 3 is 2.63 bits per heavy atom. The highest BCUT2D eigenvalue weighted by molar-refractivity contribution is 6.31. The zero-order valence-corrected chi connectivity index (χ0v) is 13.3. The van der Waals surface area contributed by atoms with Gasteiger partial charge in [0, 0.05) is 25.6 Å². The van der Waals surface area contributed by atoms with Gasteiger partial charge in [-0.3, -0.25) is 4.68 Å². The van der Waals surface area contributed by atoms with Gasteiger partial charge in [0.25, 0.3) is 0 Å². The maximum Gasteiger partial charge on any atom is 0.0850 e. The van der Waals surface area contributed by atoms with Gasteiger partial charge in [0.1, 0.15) is 0 Å². The molecular weight excluding hydrogens is 262 g/mol. The molecule has 19 heavy (non-hydrogen) atoms. The molecular formula is C14H26ClN3O. The summed E-state index contributed by atoms with van der Waals surface area (Å²) in [4.78, 5) is 0. The van der Waals surface area contributed by atoms with Crippen LogP contribution in [0.3, 0.4) is 0 Å². The van der Waals surface area contributed by atoms with Crippen molar-refractivity contribution in [2.45, 2.75) is 52.6 Å². The van der Waals surface area contributed by atoms with E-state index in [1.54, 1.807) is 0 Å². The van der Waals surface area contributed by atoms with Crippen LogP contribution in [0.2, 0.25) is 5.02 Å². The van der Waals surface area contributed by atoms with Crippen LogP contribution in [0.1, 0.15) is 38.6 Å². The van der Waals surface area contributed by atoms with Crippen LogP contribution in [0.5, 0.6) is 0 Å². The standard InChI is InChI=1S/C14H26ClN3O/c1-5-8-19-10-11(16-4)9-13-14(15)12(6-2)17-18(13)7-3/h11,16H,5-10H2,1-4H3. The molecule has 5 heteroatoms. The van der Waals surface area contributed by atoms with Gasteiger partial charge < -0.3 is 10.1 Å². The minimum Gasteiger partial charge on any atom is -0.380 e. The number of aromatic nitrogens is 2. The van der Waals surface area contributed by atoms with Crippen LogP contribution >= 0.6 is 11.6 Å². The molecule has 0 aromatic carbocycles. The van der Waals surface area contributed by atoms with Crippen LogP contribution in [-0.2, 0) is 24.1 Å². The fourth-order valence-electron chi connectivity index (χ4n) is 2.06. The van der Waals surface area contributed by atoms with E-state index in [1.807, 2.05) is 11.7 Å². The van der Waals surface area contributed by atoms with E-state index in [0.717, 1.165) is 48.8 Å². The Bertz CT molecular complexity index is 379. The first-order valence-electron chi connectivity index (χ1n) is 7.16. The van der Waals surface area contributed by atoms with Crippen LogP contribution in [0.25, 0.3) is 0 Å². The van der Waals surface area contributed by atoms with Gasteiger partial charge in [0.05, 0.1) is 23.0 Å². The summed E-state index contributed by atoms with van der Waals surface area (Å²) in [5, 5.41) is 8.66. The molecule has 0 aliphatic carbocycles. The average molecular weight is 288 g/mol. The van der Waals surface area contributed by atoms with Crippen molar-refractivity contribution < 1.29 is 4.74 Å². The summed E-state index contributed by atoms with van der Waals surface area (Å²) in [6.45, 7) is 8.65. The second kappa shape index (κ2) is 8.56. The predicted octanol–water partition coefficient (Wildman–Crippen LogP) is 2.68. The summed E-state index contributed by atoms with van der Waals surface area (Å²) >= 11 is 6.42. The smallest absolute Gasteiger partial charge is 0.0850 e. The highest BCUT2D eigenvalue weighted by Crippen LogP contribution is 2.23. The van der Waals surface area contributed by atoms with Gasteiger partial charge in [-0.2, -0.15) is 5.10 Å². The van der Waals surface area contributed by atoms with Crippen molar-refractivity contribution in [3.63, 3.8) is 0 Å². The molecule has 110 valence electrons. The van der Waals surface area contributed by atoms with E-state index in [4.69, 9.17) is 16.3 Å². The minimum absolute atomic E-state index is 0.274. The zero-order chi connectivity index (χ0) is 14.3. The Balaban J connectivity index is 2.75. The monoisotopic (exact) mass is 287 g/mol. The van der Waals surface area contributed by atoms with Gasteiger partial charge in [-0.1, -0.05) is 25.4 Å². The molecule has 0 radical (unpaired) electrons. The van der Waals surface area contributed by atoms with Crippen molar-refractivity contribution in [2.75, 3.05) is 20.3 Å². The quantitative estimate of drug-likeness (QED) is 0.710. The molecule has 0 bridgehead atoms. The van der Waals surface area contributed by atoms with Gasteiger partial charge in [0.15, 0.2) is 0 Å². The molecule has 0 fully saturated rings. The third-order valence-corrected chi connectivity index (χ3v) is 3.65. The topological polar surface area (TPSA) is 39.1 Å². The normalized spacial score (nSPS) is 12.9. The molecule has 0 saturated carbocycles. The number of hydrogen-bond acceptors (Lipinski definition) is 3. The Morgan fingerprint density at radius 1 is 1.37 bits per heavy atom. The summed E-state index contributed by atoms with van der Waals surface area (Å²) < 4.78 is 7.62. The summed E-state index contributed by atoms with van der Waals surface area (Å²) in [6, 6.07) is 0.274. The molecule has 0 saturated heterocycles. The number of ether oxygens (including phenoxy) is 1. The largest absolute Gasteiger partial charge is 0.380 e. The number of halogens is 1. The minimum atomic E-state index is 0.274. The van der Waals surface area contributed by atoms with Crippen LogP contribution in [-0.4, -0.2) is 36.1 Å². The summed E-state index contributed by atoms with van der Waals surface area (Å²) in [6.07, 6.45) is 2.76. The molecule has 1 rings (SSSR count). The third kappa shape index (κ3) is 4.48. The van der Waals surface area contributed by atoms with E-state index in [1.165, 1.54) is 0 Å². The van der Waals surface area contributed by atoms with E-state index in [-0.39, 0.29) is 6.04 Å². The number of rotatable bonds is 9. The molecule has 1 N–H and O–H groups in total. The molecule has 0 amide bonds. The van der Waals surface area contributed by atoms with Crippen molar-refractivity contribution in [3.8, 4) is 0 Å². The lowest BCUT2D eigenvalue weighted by Crippen LogP contribution is -2.33. The van der Waals surface area contributed by atoms with Crippen LogP contribution < -0.4 is 5.32 Å². The first-order valence-corrected chi connectivity index (χ1v) is 7.54. The van der Waals surface area contributed by atoms with Gasteiger partial charge >= 0.3 is 0 Å². The highest BCUT2D eigenvalue weighted by Gasteiger charge is 2.18. The Kier molecular flexibility index (Phi) is 7.42. The van der Waals surface area contributed by atoms with E-state index in [2.05, 4.69) is 31.2 Å². The molecule has 1 unspecified atom stereocenters. The van der Waals surface area contributed by atoms with Gasteiger partial charge in [0.2, 0.25) is 0 Å². The first-order chi connectivity index (χ1) is 9.17. The lowest BCUT2D eigenvalue weighted by Gasteiger charge is -2.17. The predicted molar refractivity (Wildman–Crippen MR) is 80.0 cm³/mol. The summed E-state index contributed by atoms with van der Waals surface area (Å²) in [5.74, 6) is 0. The molecule has 1 heterocycles. The fourth-order valence-corrected chi connectivity index (χ4v) is 2.41. The zero-order valence-electron chi connectivity index (χ0n) is 12.5. The van der Waals surface area contributed by atoms with E-state index in [0.29, 0.717) is 6.61 Å². The number of hydrogen-bond donors (Lipinski definition) is 1. The van der Waals surface area contributed by atoms with Crippen LogP contribution in [0.4, 0.5) is 0 Å². The lowest BCUT2D eigenvalue weighted by molar-refractivity contribution is 0.113. The van der Waals surface area contributed by atoms with Crippen molar-refractivity contribution in [2.24, 2.45) is 0 Å². The van der Waals surface area contributed by atoms with E-state index in [9.17, 15) is 0 Å². The first kappa shape index (κ1) is 16.5. The molecule has 1 aromatic heterocycles. The molecule has 0 aliphatic heterocycles. The van der Waals surface area contributed by atoms with Crippen LogP contribution in [0.15, 0.2) is 0 Å². The van der Waals surface area contributed by atoms with Gasteiger partial charge in [-0.25, -0.2) is 0 Å². The highest BCUT2D eigenvalue weighted by atomic mass is 35.5. The van der Waals surface area contributed by atoms with Gasteiger partial charge in [-0.15, -0.1) is 0 Å².